The van der Waals surface area contributed by atoms with Crippen LogP contribution in [-0.4, -0.2) is 68.8 Å². The molecule has 35 heavy (non-hydrogen) atoms. The van der Waals surface area contributed by atoms with E-state index in [2.05, 4.69) is 41.9 Å². The minimum atomic E-state index is -0.208. The number of aromatic amines is 1. The van der Waals surface area contributed by atoms with Crippen LogP contribution in [0.4, 0.5) is 0 Å². The van der Waals surface area contributed by atoms with Gasteiger partial charge in [-0.3, -0.25) is 19.3 Å². The van der Waals surface area contributed by atoms with E-state index in [9.17, 15) is 9.90 Å². The van der Waals surface area contributed by atoms with Crippen molar-refractivity contribution in [1.82, 2.24) is 25.1 Å². The molecule has 3 N–H and O–H groups in total. The fourth-order valence-electron chi connectivity index (χ4n) is 4.76. The molecule has 5 rings (SSSR count). The third kappa shape index (κ3) is 5.26. The number of imide groups is 1. The number of carbonyl (C=O) groups is 3. The number of β-amino-alcohol motifs (C(OH)–C–C–N with tert-alkyl or cyclic N) is 1. The van der Waals surface area contributed by atoms with Crippen molar-refractivity contribution in [3.63, 3.8) is 0 Å². The molecule has 0 radical (unpaired) electrons. The first-order chi connectivity index (χ1) is 16.9. The molecule has 1 saturated heterocycles. The summed E-state index contributed by atoms with van der Waals surface area (Å²) >= 11 is 0. The highest BCUT2D eigenvalue weighted by atomic mass is 16.3. The average Bonchev–Trinajstić information content (AvgIpc) is 3.43. The largest absolute Gasteiger partial charge is 0.390 e. The first-order valence-corrected chi connectivity index (χ1v) is 11.9. The van der Waals surface area contributed by atoms with Crippen molar-refractivity contribution in [3.8, 4) is 11.3 Å². The van der Waals surface area contributed by atoms with Gasteiger partial charge < -0.3 is 20.3 Å². The number of rotatable bonds is 8. The lowest BCUT2D eigenvalue weighted by molar-refractivity contribution is -0.117. The van der Waals surface area contributed by atoms with Crippen LogP contribution >= 0.6 is 0 Å². The van der Waals surface area contributed by atoms with Crippen LogP contribution in [0.5, 0.6) is 0 Å². The molecule has 184 valence electrons. The summed E-state index contributed by atoms with van der Waals surface area (Å²) in [6.07, 6.45) is 4.43. The number of amides is 3. The van der Waals surface area contributed by atoms with E-state index < -0.39 is 0 Å². The van der Waals surface area contributed by atoms with Gasteiger partial charge in [-0.1, -0.05) is 19.4 Å². The molecule has 2 aromatic heterocycles. The van der Waals surface area contributed by atoms with Gasteiger partial charge in [0, 0.05) is 54.9 Å². The molecule has 2 aliphatic rings. The van der Waals surface area contributed by atoms with Crippen molar-refractivity contribution in [1.29, 1.82) is 0 Å². The zero-order valence-electron chi connectivity index (χ0n) is 20.0. The van der Waals surface area contributed by atoms with E-state index in [-0.39, 0.29) is 18.1 Å². The van der Waals surface area contributed by atoms with E-state index in [1.54, 1.807) is 5.32 Å². The number of likely N-dealkylation sites (tertiary alicyclic amines) is 1. The summed E-state index contributed by atoms with van der Waals surface area (Å²) in [6.45, 7) is 7.20. The predicted octanol–water partition coefficient (Wildman–Crippen LogP) is 2.44. The summed E-state index contributed by atoms with van der Waals surface area (Å²) in [7, 11) is 0. The summed E-state index contributed by atoms with van der Waals surface area (Å²) in [5, 5.41) is 12.5. The lowest BCUT2D eigenvalue weighted by atomic mass is 10.0. The maximum absolute atomic E-state index is 12.8. The molecule has 1 unspecified atom stereocenters. The second-order valence-electron chi connectivity index (χ2n) is 9.10. The Labute approximate surface area is 204 Å². The molecule has 9 heteroatoms. The molecule has 4 heterocycles. The van der Waals surface area contributed by atoms with Crippen molar-refractivity contribution < 1.29 is 19.5 Å². The Balaban J connectivity index is 0.000000527. The molecule has 1 atom stereocenters. The number of aliphatic hydroxyl groups excluding tert-OH is 1. The van der Waals surface area contributed by atoms with Gasteiger partial charge in [0.05, 0.1) is 11.8 Å². The van der Waals surface area contributed by atoms with E-state index in [4.69, 9.17) is 14.6 Å². The Morgan fingerprint density at radius 1 is 1.23 bits per heavy atom. The molecule has 3 aromatic rings. The molecule has 0 aliphatic carbocycles. The molecule has 0 spiro atoms. The molecular formula is C26H31N5O4. The van der Waals surface area contributed by atoms with Gasteiger partial charge in [-0.2, -0.15) is 0 Å². The van der Waals surface area contributed by atoms with E-state index in [0.717, 1.165) is 65.9 Å². The number of nitrogens with zero attached hydrogens (tertiary/aromatic N) is 3. The van der Waals surface area contributed by atoms with Crippen LogP contribution < -0.4 is 5.32 Å². The smallest absolute Gasteiger partial charge is 0.254 e. The number of aromatic nitrogens is 2. The minimum Gasteiger partial charge on any atom is -0.390 e. The monoisotopic (exact) mass is 477 g/mol. The highest BCUT2D eigenvalue weighted by molar-refractivity contribution is 5.99. The average molecular weight is 478 g/mol. The third-order valence-electron chi connectivity index (χ3n) is 6.55. The van der Waals surface area contributed by atoms with Gasteiger partial charge in [0.2, 0.25) is 12.8 Å². The van der Waals surface area contributed by atoms with Crippen molar-refractivity contribution >= 4 is 29.8 Å². The van der Waals surface area contributed by atoms with Crippen LogP contribution in [-0.2, 0) is 22.7 Å². The maximum atomic E-state index is 12.8. The second kappa shape index (κ2) is 10.8. The quantitative estimate of drug-likeness (QED) is 0.429. The van der Waals surface area contributed by atoms with Crippen molar-refractivity contribution in [2.75, 3.05) is 13.1 Å². The Hall–Kier alpha value is -3.56. The number of carbonyl (C=O) groups excluding carboxylic acids is 3. The SMILES string of the molecule is CCCC(C)N1Cc2cc(-c3cc(CN4CC(O)C4)c4cc[nH]c4n3)ccc2C1=O.O=CNC=O. The molecule has 0 saturated carbocycles. The van der Waals surface area contributed by atoms with Crippen LogP contribution in [0.25, 0.3) is 22.3 Å². The van der Waals surface area contributed by atoms with Crippen molar-refractivity contribution in [2.45, 2.75) is 51.9 Å². The summed E-state index contributed by atoms with van der Waals surface area (Å²) < 4.78 is 0. The van der Waals surface area contributed by atoms with Gasteiger partial charge in [0.1, 0.15) is 5.65 Å². The fourth-order valence-corrected chi connectivity index (χ4v) is 4.76. The van der Waals surface area contributed by atoms with Gasteiger partial charge in [-0.25, -0.2) is 4.98 Å². The number of pyridine rings is 1. The zero-order chi connectivity index (χ0) is 24.9. The van der Waals surface area contributed by atoms with Crippen molar-refractivity contribution in [3.05, 3.63) is 53.2 Å². The number of fused-ring (bicyclic) bond motifs is 2. The first kappa shape index (κ1) is 24.6. The molecule has 3 amide bonds. The third-order valence-corrected chi connectivity index (χ3v) is 6.55. The lowest BCUT2D eigenvalue weighted by Crippen LogP contribution is -2.49. The second-order valence-corrected chi connectivity index (χ2v) is 9.10. The molecule has 1 aromatic carbocycles. The number of hydrogen-bond donors (Lipinski definition) is 3. The van der Waals surface area contributed by atoms with Crippen LogP contribution in [0.3, 0.4) is 0 Å². The molecular weight excluding hydrogens is 446 g/mol. The van der Waals surface area contributed by atoms with E-state index >= 15 is 0 Å². The highest BCUT2D eigenvalue weighted by Gasteiger charge is 2.31. The van der Waals surface area contributed by atoms with E-state index in [1.165, 1.54) is 5.56 Å². The van der Waals surface area contributed by atoms with E-state index in [0.29, 0.717) is 19.4 Å². The Kier molecular flexibility index (Phi) is 7.57. The van der Waals surface area contributed by atoms with Gasteiger partial charge in [0.15, 0.2) is 0 Å². The Bertz CT molecular complexity index is 1210. The number of H-pyrrole nitrogens is 1. The predicted molar refractivity (Wildman–Crippen MR) is 132 cm³/mol. The van der Waals surface area contributed by atoms with E-state index in [1.807, 2.05) is 23.2 Å². The minimum absolute atomic E-state index is 0.141. The highest BCUT2D eigenvalue weighted by Crippen LogP contribution is 2.32. The molecule has 0 bridgehead atoms. The molecule has 1 fully saturated rings. The normalized spacial score (nSPS) is 16.3. The van der Waals surface area contributed by atoms with Crippen LogP contribution in [0.15, 0.2) is 36.5 Å². The Morgan fingerprint density at radius 3 is 2.66 bits per heavy atom. The van der Waals surface area contributed by atoms with Crippen LogP contribution in [0, 0.1) is 0 Å². The lowest BCUT2D eigenvalue weighted by Gasteiger charge is -2.36. The Morgan fingerprint density at radius 2 is 2.00 bits per heavy atom. The van der Waals surface area contributed by atoms with Gasteiger partial charge in [0.25, 0.3) is 5.91 Å². The summed E-state index contributed by atoms with van der Waals surface area (Å²) in [6, 6.07) is 10.6. The topological polar surface area (TPSA) is 119 Å². The van der Waals surface area contributed by atoms with Gasteiger partial charge >= 0.3 is 0 Å². The van der Waals surface area contributed by atoms with Crippen LogP contribution in [0.1, 0.15) is 48.2 Å². The molecule has 2 aliphatic heterocycles. The van der Waals surface area contributed by atoms with Gasteiger partial charge in [-0.05, 0) is 48.7 Å². The zero-order valence-corrected chi connectivity index (χ0v) is 20.0. The summed E-state index contributed by atoms with van der Waals surface area (Å²) in [5.74, 6) is 0.141. The number of hydrogen-bond acceptors (Lipinski definition) is 6. The number of benzene rings is 1. The van der Waals surface area contributed by atoms with Crippen molar-refractivity contribution in [2.24, 2.45) is 0 Å². The summed E-state index contributed by atoms with van der Waals surface area (Å²) in [4.78, 5) is 43.3. The van der Waals surface area contributed by atoms with Crippen LogP contribution in [0.2, 0.25) is 0 Å². The first-order valence-electron chi connectivity index (χ1n) is 11.9. The number of nitrogens with one attached hydrogen (secondary N) is 2. The molecule has 9 nitrogen and oxygen atoms in total. The fraction of sp³-hybridized carbons (Fsp3) is 0.385. The standard InChI is InChI=1S/C24H28N4O2.C2H3NO2/c1-3-4-15(2)28-12-17-9-16(5-6-21(17)24(28)30)22-10-18(11-27-13-19(29)14-27)20-7-8-25-23(20)26-22;4-1-3-2-5/h5-10,15,19,29H,3-4,11-14H2,1-2H3,(H,25,26);1-2H,(H,3,4,5). The summed E-state index contributed by atoms with van der Waals surface area (Å²) in [5.41, 5.74) is 5.93. The maximum Gasteiger partial charge on any atom is 0.254 e. The van der Waals surface area contributed by atoms with Gasteiger partial charge in [-0.15, -0.1) is 0 Å². The number of aliphatic hydroxyl groups is 1.